The maximum Gasteiger partial charge on any atom is 0.257 e. The number of ether oxygens (including phenoxy) is 4. The highest BCUT2D eigenvalue weighted by Gasteiger charge is 2.11. The molecule has 7 heteroatoms. The Balaban J connectivity index is 2.17. The second-order valence-electron chi connectivity index (χ2n) is 5.64. The second-order valence-corrected chi connectivity index (χ2v) is 5.64. The molecule has 0 fully saturated rings. The van der Waals surface area contributed by atoms with Gasteiger partial charge in [-0.15, -0.1) is 0 Å². The summed E-state index contributed by atoms with van der Waals surface area (Å²) in [5, 5.41) is 2.48. The van der Waals surface area contributed by atoms with Gasteiger partial charge >= 0.3 is 0 Å². The molecular formula is C21H23NO6. The summed E-state index contributed by atoms with van der Waals surface area (Å²) in [4.78, 5) is 23.8. The number of likely N-dealkylation sites (N-methyl/N-ethyl adjacent to an activating group) is 1. The van der Waals surface area contributed by atoms with Crippen LogP contribution in [0, 0.1) is 0 Å². The standard InChI is InChI=1S/C21H23NO6/c1-22-21(24)13-28-18-10-6-14(11-20(18)27-4)5-9-17(23)16-8-7-15(25-2)12-19(16)26-3/h5-12H,13H2,1-4H3,(H,22,24)/b9-5+. The summed E-state index contributed by atoms with van der Waals surface area (Å²) < 4.78 is 21.1. The van der Waals surface area contributed by atoms with Crippen LogP contribution in [0.15, 0.2) is 42.5 Å². The summed E-state index contributed by atoms with van der Waals surface area (Å²) in [6, 6.07) is 10.2. The van der Waals surface area contributed by atoms with Crippen molar-refractivity contribution in [3.05, 3.63) is 53.6 Å². The Kier molecular flexibility index (Phi) is 7.45. The van der Waals surface area contributed by atoms with Crippen LogP contribution in [0.2, 0.25) is 0 Å². The summed E-state index contributed by atoms with van der Waals surface area (Å²) in [6.07, 6.45) is 3.11. The third-order valence-electron chi connectivity index (χ3n) is 3.93. The quantitative estimate of drug-likeness (QED) is 0.528. The Labute approximate surface area is 163 Å². The van der Waals surface area contributed by atoms with E-state index < -0.39 is 0 Å². The smallest absolute Gasteiger partial charge is 0.257 e. The van der Waals surface area contributed by atoms with E-state index in [9.17, 15) is 9.59 Å². The van der Waals surface area contributed by atoms with E-state index in [1.54, 1.807) is 49.6 Å². The monoisotopic (exact) mass is 385 g/mol. The second kappa shape index (κ2) is 10.0. The van der Waals surface area contributed by atoms with E-state index >= 15 is 0 Å². The highest BCUT2D eigenvalue weighted by molar-refractivity contribution is 6.08. The minimum atomic E-state index is -0.245. The van der Waals surface area contributed by atoms with Gasteiger partial charge in [0.15, 0.2) is 23.9 Å². The van der Waals surface area contributed by atoms with E-state index in [0.29, 0.717) is 28.6 Å². The van der Waals surface area contributed by atoms with E-state index in [2.05, 4.69) is 5.32 Å². The van der Waals surface area contributed by atoms with Crippen molar-refractivity contribution in [2.45, 2.75) is 0 Å². The van der Waals surface area contributed by atoms with Gasteiger partial charge in [0.25, 0.3) is 5.91 Å². The maximum atomic E-state index is 12.5. The van der Waals surface area contributed by atoms with Gasteiger partial charge in [-0.2, -0.15) is 0 Å². The molecule has 28 heavy (non-hydrogen) atoms. The molecule has 0 saturated heterocycles. The van der Waals surface area contributed by atoms with E-state index in [0.717, 1.165) is 5.56 Å². The Morgan fingerprint density at radius 2 is 1.68 bits per heavy atom. The highest BCUT2D eigenvalue weighted by Crippen LogP contribution is 2.29. The molecule has 148 valence electrons. The third-order valence-corrected chi connectivity index (χ3v) is 3.93. The van der Waals surface area contributed by atoms with Crippen LogP contribution in [-0.2, 0) is 4.79 Å². The van der Waals surface area contributed by atoms with Crippen LogP contribution in [0.5, 0.6) is 23.0 Å². The molecule has 1 N–H and O–H groups in total. The first-order valence-corrected chi connectivity index (χ1v) is 8.48. The molecule has 0 aliphatic carbocycles. The van der Waals surface area contributed by atoms with Crippen LogP contribution >= 0.6 is 0 Å². The van der Waals surface area contributed by atoms with Crippen molar-refractivity contribution >= 4 is 17.8 Å². The molecule has 2 rings (SSSR count). The fourth-order valence-electron chi connectivity index (χ4n) is 2.39. The average molecular weight is 385 g/mol. The zero-order valence-electron chi connectivity index (χ0n) is 16.3. The number of carbonyl (C=O) groups excluding carboxylic acids is 2. The number of nitrogens with one attached hydrogen (secondary N) is 1. The zero-order valence-corrected chi connectivity index (χ0v) is 16.3. The summed E-state index contributed by atoms with van der Waals surface area (Å²) in [6.45, 7) is -0.113. The fraction of sp³-hybridized carbons (Fsp3) is 0.238. The molecule has 1 amide bonds. The number of amides is 1. The molecule has 0 spiro atoms. The van der Waals surface area contributed by atoms with Gasteiger partial charge in [-0.1, -0.05) is 12.1 Å². The van der Waals surface area contributed by atoms with Crippen molar-refractivity contribution in [1.82, 2.24) is 5.32 Å². The van der Waals surface area contributed by atoms with Gasteiger partial charge in [0, 0.05) is 13.1 Å². The number of carbonyl (C=O) groups is 2. The first-order valence-electron chi connectivity index (χ1n) is 8.48. The number of allylic oxidation sites excluding steroid dienone is 1. The van der Waals surface area contributed by atoms with Gasteiger partial charge in [0.2, 0.25) is 0 Å². The Morgan fingerprint density at radius 1 is 0.929 bits per heavy atom. The lowest BCUT2D eigenvalue weighted by molar-refractivity contribution is -0.122. The van der Waals surface area contributed by atoms with Gasteiger partial charge < -0.3 is 24.3 Å². The van der Waals surface area contributed by atoms with E-state index in [1.165, 1.54) is 27.3 Å². The molecule has 0 aliphatic rings. The largest absolute Gasteiger partial charge is 0.497 e. The van der Waals surface area contributed by atoms with Crippen molar-refractivity contribution in [2.24, 2.45) is 0 Å². The topological polar surface area (TPSA) is 83.1 Å². The van der Waals surface area contributed by atoms with Crippen LogP contribution in [0.1, 0.15) is 15.9 Å². The number of hydrogen-bond acceptors (Lipinski definition) is 6. The molecule has 0 aliphatic heterocycles. The van der Waals surface area contributed by atoms with Gasteiger partial charge in [-0.25, -0.2) is 0 Å². The molecule has 0 heterocycles. The lowest BCUT2D eigenvalue weighted by Crippen LogP contribution is -2.24. The van der Waals surface area contributed by atoms with Crippen LogP contribution in [-0.4, -0.2) is 46.7 Å². The molecule has 2 aromatic carbocycles. The first kappa shape index (κ1) is 20.8. The molecule has 0 unspecified atom stereocenters. The van der Waals surface area contributed by atoms with Gasteiger partial charge in [0.1, 0.15) is 11.5 Å². The zero-order chi connectivity index (χ0) is 20.5. The summed E-state index contributed by atoms with van der Waals surface area (Å²) >= 11 is 0. The highest BCUT2D eigenvalue weighted by atomic mass is 16.5. The van der Waals surface area contributed by atoms with Crippen molar-refractivity contribution < 1.29 is 28.5 Å². The summed E-state index contributed by atoms with van der Waals surface area (Å²) in [5.41, 5.74) is 1.17. The molecule has 0 saturated carbocycles. The van der Waals surface area contributed by atoms with Crippen molar-refractivity contribution in [3.63, 3.8) is 0 Å². The van der Waals surface area contributed by atoms with Gasteiger partial charge in [-0.05, 0) is 35.9 Å². The SMILES string of the molecule is CNC(=O)COc1ccc(/C=C/C(=O)c2ccc(OC)cc2OC)cc1OC. The number of hydrogen-bond donors (Lipinski definition) is 1. The Morgan fingerprint density at radius 3 is 2.32 bits per heavy atom. The maximum absolute atomic E-state index is 12.5. The van der Waals surface area contributed by atoms with Crippen LogP contribution < -0.4 is 24.3 Å². The normalized spacial score (nSPS) is 10.4. The number of methoxy groups -OCH3 is 3. The van der Waals surface area contributed by atoms with Gasteiger partial charge in [-0.3, -0.25) is 9.59 Å². The molecule has 0 radical (unpaired) electrons. The third kappa shape index (κ3) is 5.26. The Bertz CT molecular complexity index is 875. The fourth-order valence-corrected chi connectivity index (χ4v) is 2.39. The lowest BCUT2D eigenvalue weighted by Gasteiger charge is -2.10. The summed E-state index contributed by atoms with van der Waals surface area (Å²) in [5.74, 6) is 1.48. The van der Waals surface area contributed by atoms with Crippen molar-refractivity contribution in [2.75, 3.05) is 35.0 Å². The van der Waals surface area contributed by atoms with Crippen molar-refractivity contribution in [1.29, 1.82) is 0 Å². The molecule has 2 aromatic rings. The van der Waals surface area contributed by atoms with Gasteiger partial charge in [0.05, 0.1) is 26.9 Å². The number of rotatable bonds is 9. The molecular weight excluding hydrogens is 362 g/mol. The predicted octanol–water partition coefficient (Wildman–Crippen LogP) is 2.73. The Hall–Kier alpha value is -3.48. The van der Waals surface area contributed by atoms with E-state index in [-0.39, 0.29) is 18.3 Å². The van der Waals surface area contributed by atoms with E-state index in [1.807, 2.05) is 0 Å². The van der Waals surface area contributed by atoms with E-state index in [4.69, 9.17) is 18.9 Å². The molecule has 0 bridgehead atoms. The number of benzene rings is 2. The van der Waals surface area contributed by atoms with Crippen LogP contribution in [0.4, 0.5) is 0 Å². The molecule has 0 aromatic heterocycles. The molecule has 0 atom stereocenters. The molecule has 7 nitrogen and oxygen atoms in total. The summed E-state index contributed by atoms with van der Waals surface area (Å²) in [7, 11) is 6.08. The minimum Gasteiger partial charge on any atom is -0.497 e. The minimum absolute atomic E-state index is 0.113. The predicted molar refractivity (Wildman–Crippen MR) is 105 cm³/mol. The van der Waals surface area contributed by atoms with Crippen LogP contribution in [0.25, 0.3) is 6.08 Å². The van der Waals surface area contributed by atoms with Crippen molar-refractivity contribution in [3.8, 4) is 23.0 Å². The number of ketones is 1. The van der Waals surface area contributed by atoms with Crippen LogP contribution in [0.3, 0.4) is 0 Å². The lowest BCUT2D eigenvalue weighted by atomic mass is 10.1. The average Bonchev–Trinajstić information content (AvgIpc) is 2.75. The first-order chi connectivity index (χ1) is 13.5.